The molecule has 3 N–H and O–H groups in total. The Morgan fingerprint density at radius 3 is 2.53 bits per heavy atom. The molecule has 182 valence electrons. The zero-order valence-electron chi connectivity index (χ0n) is 20.2. The molecule has 1 aliphatic heterocycles. The van der Waals surface area contributed by atoms with Crippen LogP contribution in [-0.2, 0) is 16.4 Å². The van der Waals surface area contributed by atoms with Crippen molar-refractivity contribution in [3.63, 3.8) is 0 Å². The third-order valence-corrected chi connectivity index (χ3v) is 8.73. The van der Waals surface area contributed by atoms with Gasteiger partial charge in [-0.05, 0) is 80.6 Å². The first-order chi connectivity index (χ1) is 16.2. The molecule has 4 rings (SSSR count). The van der Waals surface area contributed by atoms with E-state index >= 15 is 0 Å². The Balaban J connectivity index is 1.70. The van der Waals surface area contributed by atoms with E-state index in [2.05, 4.69) is 54.3 Å². The summed E-state index contributed by atoms with van der Waals surface area (Å²) >= 11 is 0. The number of hydrogen-bond donors (Lipinski definition) is 2. The van der Waals surface area contributed by atoms with Crippen molar-refractivity contribution in [1.29, 1.82) is 0 Å². The van der Waals surface area contributed by atoms with Crippen LogP contribution in [0.15, 0.2) is 42.6 Å². The number of sulfonamides is 1. The van der Waals surface area contributed by atoms with E-state index in [0.29, 0.717) is 18.7 Å². The van der Waals surface area contributed by atoms with Crippen molar-refractivity contribution < 1.29 is 13.2 Å². The summed E-state index contributed by atoms with van der Waals surface area (Å²) in [6.45, 7) is 3.68. The molecule has 0 bridgehead atoms. The molecule has 1 saturated heterocycles. The molecule has 8 heteroatoms. The Bertz CT molecular complexity index is 1290. The topological polar surface area (TPSA) is 99.5 Å². The number of H-pyrrole nitrogens is 1. The number of carbonyl (C=O) groups is 1. The fraction of sp³-hybridized carbons (Fsp3) is 0.423. The molecular formula is C26H34N4O3S. The molecule has 1 amide bonds. The molecule has 2 heterocycles. The van der Waals surface area contributed by atoms with Crippen LogP contribution in [0, 0.1) is 0 Å². The molecule has 0 unspecified atom stereocenters. The van der Waals surface area contributed by atoms with Crippen molar-refractivity contribution >= 4 is 26.8 Å². The summed E-state index contributed by atoms with van der Waals surface area (Å²) in [4.78, 5) is 17.8. The fourth-order valence-corrected chi connectivity index (χ4v) is 5.97. The number of fused-ring (bicyclic) bond motifs is 1. The average molecular weight is 483 g/mol. The average Bonchev–Trinajstić information content (AvgIpc) is 3.26. The van der Waals surface area contributed by atoms with Crippen LogP contribution in [0.25, 0.3) is 22.0 Å². The van der Waals surface area contributed by atoms with E-state index in [9.17, 15) is 13.2 Å². The third-order valence-electron chi connectivity index (χ3n) is 6.85. The molecule has 2 aromatic carbocycles. The van der Waals surface area contributed by atoms with Gasteiger partial charge >= 0.3 is 0 Å². The Hall–Kier alpha value is -2.68. The van der Waals surface area contributed by atoms with Gasteiger partial charge in [0.15, 0.2) is 0 Å². The molecule has 7 nitrogen and oxygen atoms in total. The first-order valence-electron chi connectivity index (χ1n) is 11.9. The van der Waals surface area contributed by atoms with Crippen LogP contribution >= 0.6 is 0 Å². The zero-order chi connectivity index (χ0) is 24.5. The number of benzene rings is 2. The maximum atomic E-state index is 12.3. The van der Waals surface area contributed by atoms with Crippen LogP contribution in [0.5, 0.6) is 0 Å². The number of rotatable bonds is 8. The number of nitrogens with one attached hydrogen (secondary N) is 1. The van der Waals surface area contributed by atoms with E-state index in [1.54, 1.807) is 11.2 Å². The SMILES string of the molecule is CCS(=O)(=O)N1CCC(c2c[nH]c3c(C(N)=O)cc(-c4cccc(CCN(C)C)c4)cc23)CC1. The van der Waals surface area contributed by atoms with Crippen LogP contribution in [0.2, 0.25) is 0 Å². The van der Waals surface area contributed by atoms with Gasteiger partial charge in [0.05, 0.1) is 16.8 Å². The van der Waals surface area contributed by atoms with Crippen molar-refractivity contribution in [3.8, 4) is 11.1 Å². The highest BCUT2D eigenvalue weighted by Gasteiger charge is 2.29. The number of nitrogens with zero attached hydrogens (tertiary/aromatic N) is 2. The minimum absolute atomic E-state index is 0.129. The van der Waals surface area contributed by atoms with Gasteiger partial charge in [0.1, 0.15) is 0 Å². The normalized spacial score (nSPS) is 15.9. The van der Waals surface area contributed by atoms with Crippen LogP contribution in [0.1, 0.15) is 47.2 Å². The summed E-state index contributed by atoms with van der Waals surface area (Å²) in [5.41, 5.74) is 11.4. The standard InChI is InChI=1S/C26H34N4O3S/c1-4-34(32,33)30-12-9-19(10-13-30)24-17-28-25-22(24)15-21(16-23(25)26(27)31)20-7-5-6-18(14-20)8-11-29(2)3/h5-7,14-17,19,28H,4,8-13H2,1-3H3,(H2,27,31). The Morgan fingerprint density at radius 2 is 1.88 bits per heavy atom. The lowest BCUT2D eigenvalue weighted by Crippen LogP contribution is -2.38. The molecule has 1 aromatic heterocycles. The summed E-state index contributed by atoms with van der Waals surface area (Å²) in [7, 11) is 0.954. The van der Waals surface area contributed by atoms with Gasteiger partial charge < -0.3 is 15.6 Å². The number of likely N-dealkylation sites (N-methyl/N-ethyl adjacent to an activating group) is 1. The number of nitrogens with two attached hydrogens (primary N) is 1. The van der Waals surface area contributed by atoms with E-state index in [4.69, 9.17) is 5.73 Å². The number of primary amides is 1. The summed E-state index contributed by atoms with van der Waals surface area (Å²) in [6.07, 6.45) is 4.41. The van der Waals surface area contributed by atoms with Crippen LogP contribution in [0.3, 0.4) is 0 Å². The van der Waals surface area contributed by atoms with Gasteiger partial charge in [0.25, 0.3) is 5.91 Å². The van der Waals surface area contributed by atoms with Gasteiger partial charge in [-0.2, -0.15) is 0 Å². The second kappa shape index (κ2) is 9.90. The molecule has 0 radical (unpaired) electrons. The lowest BCUT2D eigenvalue weighted by molar-refractivity contribution is 0.100. The van der Waals surface area contributed by atoms with E-state index in [0.717, 1.165) is 53.4 Å². The van der Waals surface area contributed by atoms with Crippen molar-refractivity contribution in [2.75, 3.05) is 39.5 Å². The van der Waals surface area contributed by atoms with Gasteiger partial charge in [-0.15, -0.1) is 0 Å². The second-order valence-corrected chi connectivity index (χ2v) is 11.6. The van der Waals surface area contributed by atoms with Gasteiger partial charge in [-0.25, -0.2) is 12.7 Å². The molecule has 0 spiro atoms. The minimum atomic E-state index is -3.17. The number of amides is 1. The smallest absolute Gasteiger partial charge is 0.250 e. The van der Waals surface area contributed by atoms with Gasteiger partial charge in [-0.1, -0.05) is 24.3 Å². The van der Waals surface area contributed by atoms with Crippen LogP contribution in [-0.4, -0.2) is 68.0 Å². The molecule has 0 saturated carbocycles. The molecule has 0 aliphatic carbocycles. The number of carbonyl (C=O) groups excluding carboxylic acids is 1. The Kier molecular flexibility index (Phi) is 7.12. The lowest BCUT2D eigenvalue weighted by atomic mass is 9.88. The third kappa shape index (κ3) is 5.04. The highest BCUT2D eigenvalue weighted by molar-refractivity contribution is 7.89. The first-order valence-corrected chi connectivity index (χ1v) is 13.5. The van der Waals surface area contributed by atoms with Gasteiger partial charge in [0, 0.05) is 31.2 Å². The zero-order valence-corrected chi connectivity index (χ0v) is 21.0. The maximum Gasteiger partial charge on any atom is 0.250 e. The van der Waals surface area contributed by atoms with E-state index in [1.807, 2.05) is 12.3 Å². The highest BCUT2D eigenvalue weighted by atomic mass is 32.2. The summed E-state index contributed by atoms with van der Waals surface area (Å²) in [5.74, 6) is -0.115. The van der Waals surface area contributed by atoms with Crippen molar-refractivity contribution in [2.45, 2.75) is 32.1 Å². The fourth-order valence-electron chi connectivity index (χ4n) is 4.84. The lowest BCUT2D eigenvalue weighted by Gasteiger charge is -2.31. The van der Waals surface area contributed by atoms with Gasteiger partial charge in [0.2, 0.25) is 10.0 Å². The molecule has 0 atom stereocenters. The Labute approximate surface area is 202 Å². The van der Waals surface area contributed by atoms with E-state index in [1.165, 1.54) is 5.56 Å². The molecule has 1 aliphatic rings. The van der Waals surface area contributed by atoms with Crippen molar-refractivity contribution in [2.24, 2.45) is 5.73 Å². The van der Waals surface area contributed by atoms with Crippen molar-refractivity contribution in [1.82, 2.24) is 14.2 Å². The van der Waals surface area contributed by atoms with Crippen LogP contribution < -0.4 is 5.73 Å². The number of aromatic nitrogens is 1. The number of piperidine rings is 1. The second-order valence-electron chi connectivity index (χ2n) is 9.38. The number of aromatic amines is 1. The molecule has 1 fully saturated rings. The van der Waals surface area contributed by atoms with Gasteiger partial charge in [-0.3, -0.25) is 4.79 Å². The summed E-state index contributed by atoms with van der Waals surface area (Å²) in [5, 5.41) is 0.988. The monoisotopic (exact) mass is 482 g/mol. The predicted molar refractivity (Wildman–Crippen MR) is 138 cm³/mol. The molecule has 34 heavy (non-hydrogen) atoms. The highest BCUT2D eigenvalue weighted by Crippen LogP contribution is 2.37. The van der Waals surface area contributed by atoms with Crippen molar-refractivity contribution in [3.05, 3.63) is 59.3 Å². The first kappa shape index (κ1) is 24.4. The summed E-state index contributed by atoms with van der Waals surface area (Å²) in [6, 6.07) is 12.4. The predicted octanol–water partition coefficient (Wildman–Crippen LogP) is 3.57. The maximum absolute atomic E-state index is 12.3. The van der Waals surface area contributed by atoms with Crippen LogP contribution in [0.4, 0.5) is 0 Å². The Morgan fingerprint density at radius 1 is 1.15 bits per heavy atom. The largest absolute Gasteiger partial charge is 0.366 e. The summed E-state index contributed by atoms with van der Waals surface area (Å²) < 4.78 is 26.1. The number of hydrogen-bond acceptors (Lipinski definition) is 4. The van der Waals surface area contributed by atoms with E-state index in [-0.39, 0.29) is 11.7 Å². The minimum Gasteiger partial charge on any atom is -0.366 e. The quantitative estimate of drug-likeness (QED) is 0.513. The molecular weight excluding hydrogens is 448 g/mol. The van der Waals surface area contributed by atoms with E-state index < -0.39 is 15.9 Å². The molecule has 3 aromatic rings.